The van der Waals surface area contributed by atoms with Crippen LogP contribution in [-0.4, -0.2) is 19.0 Å². The van der Waals surface area contributed by atoms with Crippen molar-refractivity contribution >= 4 is 28.9 Å². The number of rotatable bonds is 2. The average molecular weight is 241 g/mol. The monoisotopic (exact) mass is 241 g/mol. The first kappa shape index (κ1) is 12.7. The van der Waals surface area contributed by atoms with E-state index >= 15 is 0 Å². The number of amides is 1. The molecule has 1 heterocycles. The maximum absolute atomic E-state index is 11.7. The van der Waals surface area contributed by atoms with Crippen molar-refractivity contribution in [1.82, 2.24) is 0 Å². The highest BCUT2D eigenvalue weighted by Gasteiger charge is 2.23. The lowest BCUT2D eigenvalue weighted by Gasteiger charge is -2.17. The van der Waals surface area contributed by atoms with Crippen molar-refractivity contribution in [3.05, 3.63) is 16.3 Å². The molecule has 0 aliphatic heterocycles. The molecule has 1 rings (SSSR count). The van der Waals surface area contributed by atoms with E-state index in [9.17, 15) is 9.59 Å². The van der Waals surface area contributed by atoms with Gasteiger partial charge in [0.25, 0.3) is 0 Å². The summed E-state index contributed by atoms with van der Waals surface area (Å²) in [4.78, 5) is 23.5. The van der Waals surface area contributed by atoms with Crippen LogP contribution in [0, 0.1) is 5.41 Å². The molecule has 0 fully saturated rings. The van der Waals surface area contributed by atoms with Gasteiger partial charge in [0.2, 0.25) is 5.91 Å². The van der Waals surface area contributed by atoms with E-state index in [1.165, 1.54) is 18.4 Å². The highest BCUT2D eigenvalue weighted by molar-refractivity contribution is 7.12. The predicted octanol–water partition coefficient (Wildman–Crippen LogP) is 2.52. The van der Waals surface area contributed by atoms with Gasteiger partial charge in [-0.15, -0.1) is 11.3 Å². The Morgan fingerprint density at radius 1 is 1.38 bits per heavy atom. The number of carbonyl (C=O) groups is 2. The first-order valence-corrected chi connectivity index (χ1v) is 5.71. The summed E-state index contributed by atoms with van der Waals surface area (Å²) in [6, 6.07) is 1.69. The van der Waals surface area contributed by atoms with Crippen molar-refractivity contribution < 1.29 is 14.3 Å². The molecule has 0 aliphatic carbocycles. The molecular formula is C11H15NO3S. The van der Waals surface area contributed by atoms with Crippen LogP contribution in [0.5, 0.6) is 0 Å². The number of nitrogens with one attached hydrogen (secondary N) is 1. The fourth-order valence-electron chi connectivity index (χ4n) is 0.968. The Morgan fingerprint density at radius 3 is 2.50 bits per heavy atom. The van der Waals surface area contributed by atoms with Gasteiger partial charge in [0.1, 0.15) is 4.88 Å². The summed E-state index contributed by atoms with van der Waals surface area (Å²) in [5.41, 5.74) is 0.0202. The van der Waals surface area contributed by atoms with Crippen LogP contribution in [0.25, 0.3) is 0 Å². The maximum atomic E-state index is 11.7. The summed E-state index contributed by atoms with van der Waals surface area (Å²) in [6.07, 6.45) is 0. The Labute approximate surface area is 98.6 Å². The van der Waals surface area contributed by atoms with E-state index in [4.69, 9.17) is 0 Å². The summed E-state index contributed by atoms with van der Waals surface area (Å²) in [5, 5.41) is 4.46. The van der Waals surface area contributed by atoms with E-state index in [2.05, 4.69) is 10.1 Å². The standard InChI is InChI=1S/C11H15NO3S/c1-11(2,3)10(14)12-7-5-6-16-8(7)9(13)15-4/h5-6H,1-4H3,(H,12,14). The van der Waals surface area contributed by atoms with Gasteiger partial charge in [-0.05, 0) is 11.4 Å². The third-order valence-corrected chi connectivity index (χ3v) is 2.86. The molecule has 16 heavy (non-hydrogen) atoms. The van der Waals surface area contributed by atoms with Gasteiger partial charge in [-0.25, -0.2) is 4.79 Å². The number of hydrogen-bond acceptors (Lipinski definition) is 4. The highest BCUT2D eigenvalue weighted by Crippen LogP contribution is 2.25. The van der Waals surface area contributed by atoms with E-state index in [0.717, 1.165) is 0 Å². The van der Waals surface area contributed by atoms with Crippen LogP contribution in [0.1, 0.15) is 30.4 Å². The Bertz CT molecular complexity index is 404. The van der Waals surface area contributed by atoms with Crippen LogP contribution in [0.4, 0.5) is 5.69 Å². The zero-order valence-electron chi connectivity index (χ0n) is 9.79. The molecule has 4 nitrogen and oxygen atoms in total. The Kier molecular flexibility index (Phi) is 3.70. The van der Waals surface area contributed by atoms with Gasteiger partial charge >= 0.3 is 5.97 Å². The molecule has 1 N–H and O–H groups in total. The molecule has 0 unspecified atom stereocenters. The van der Waals surface area contributed by atoms with Gasteiger partial charge in [0.05, 0.1) is 12.8 Å². The molecule has 5 heteroatoms. The Morgan fingerprint density at radius 2 is 2.00 bits per heavy atom. The van der Waals surface area contributed by atoms with Crippen molar-refractivity contribution in [2.24, 2.45) is 5.41 Å². The number of esters is 1. The summed E-state index contributed by atoms with van der Waals surface area (Å²) in [5.74, 6) is -0.560. The van der Waals surface area contributed by atoms with Gasteiger partial charge in [-0.1, -0.05) is 20.8 Å². The first-order chi connectivity index (χ1) is 7.36. The molecule has 1 aromatic rings. The van der Waals surface area contributed by atoms with Crippen LogP contribution in [0.3, 0.4) is 0 Å². The minimum Gasteiger partial charge on any atom is -0.465 e. The lowest BCUT2D eigenvalue weighted by molar-refractivity contribution is -0.123. The molecule has 0 radical (unpaired) electrons. The van der Waals surface area contributed by atoms with E-state index in [1.54, 1.807) is 11.4 Å². The minimum atomic E-state index is -0.491. The molecule has 0 bridgehead atoms. The number of carbonyl (C=O) groups excluding carboxylic acids is 2. The van der Waals surface area contributed by atoms with Crippen molar-refractivity contribution in [2.45, 2.75) is 20.8 Å². The Hall–Kier alpha value is -1.36. The number of methoxy groups -OCH3 is 1. The predicted molar refractivity (Wildman–Crippen MR) is 63.7 cm³/mol. The van der Waals surface area contributed by atoms with E-state index in [0.29, 0.717) is 10.6 Å². The van der Waals surface area contributed by atoms with Gasteiger partial charge < -0.3 is 10.1 Å². The van der Waals surface area contributed by atoms with Gasteiger partial charge in [-0.2, -0.15) is 0 Å². The number of anilines is 1. The second-order valence-electron chi connectivity index (χ2n) is 4.36. The largest absolute Gasteiger partial charge is 0.465 e. The molecule has 0 aromatic carbocycles. The third kappa shape index (κ3) is 2.82. The Balaban J connectivity index is 2.87. The van der Waals surface area contributed by atoms with Crippen molar-refractivity contribution in [2.75, 3.05) is 12.4 Å². The van der Waals surface area contributed by atoms with Crippen LogP contribution in [0.15, 0.2) is 11.4 Å². The minimum absolute atomic E-state index is 0.129. The molecule has 0 saturated carbocycles. The van der Waals surface area contributed by atoms with E-state index in [-0.39, 0.29) is 5.91 Å². The number of thiophene rings is 1. The van der Waals surface area contributed by atoms with Crippen molar-refractivity contribution in [3.63, 3.8) is 0 Å². The van der Waals surface area contributed by atoms with E-state index in [1.807, 2.05) is 20.8 Å². The van der Waals surface area contributed by atoms with Gasteiger partial charge in [-0.3, -0.25) is 4.79 Å². The summed E-state index contributed by atoms with van der Waals surface area (Å²) >= 11 is 1.25. The molecule has 88 valence electrons. The molecule has 0 atom stereocenters. The van der Waals surface area contributed by atoms with Crippen molar-refractivity contribution in [1.29, 1.82) is 0 Å². The van der Waals surface area contributed by atoms with Crippen LogP contribution < -0.4 is 5.32 Å². The zero-order chi connectivity index (χ0) is 12.3. The normalized spacial score (nSPS) is 11.0. The lowest BCUT2D eigenvalue weighted by Crippen LogP contribution is -2.28. The second-order valence-corrected chi connectivity index (χ2v) is 5.28. The maximum Gasteiger partial charge on any atom is 0.350 e. The topological polar surface area (TPSA) is 55.4 Å². The molecule has 0 saturated heterocycles. The summed E-state index contributed by atoms with van der Waals surface area (Å²) in [7, 11) is 1.32. The van der Waals surface area contributed by atoms with E-state index < -0.39 is 11.4 Å². The van der Waals surface area contributed by atoms with Gasteiger partial charge in [0.15, 0.2) is 0 Å². The smallest absolute Gasteiger partial charge is 0.350 e. The average Bonchev–Trinajstić information content (AvgIpc) is 2.63. The molecule has 0 spiro atoms. The number of hydrogen-bond donors (Lipinski definition) is 1. The number of ether oxygens (including phenoxy) is 1. The summed E-state index contributed by atoms with van der Waals surface area (Å²) < 4.78 is 4.62. The molecular weight excluding hydrogens is 226 g/mol. The fraction of sp³-hybridized carbons (Fsp3) is 0.455. The summed E-state index contributed by atoms with van der Waals surface area (Å²) in [6.45, 7) is 5.44. The second kappa shape index (κ2) is 4.65. The SMILES string of the molecule is COC(=O)c1sccc1NC(=O)C(C)(C)C. The third-order valence-electron chi connectivity index (χ3n) is 1.97. The lowest BCUT2D eigenvalue weighted by atomic mass is 9.95. The van der Waals surface area contributed by atoms with Crippen molar-refractivity contribution in [3.8, 4) is 0 Å². The quantitative estimate of drug-likeness (QED) is 0.809. The van der Waals surface area contributed by atoms with Crippen LogP contribution in [-0.2, 0) is 9.53 Å². The van der Waals surface area contributed by atoms with Gasteiger partial charge in [0, 0.05) is 5.41 Å². The highest BCUT2D eigenvalue weighted by atomic mass is 32.1. The van der Waals surface area contributed by atoms with Crippen LogP contribution in [0.2, 0.25) is 0 Å². The van der Waals surface area contributed by atoms with Crippen LogP contribution >= 0.6 is 11.3 Å². The molecule has 1 amide bonds. The fourth-order valence-corrected chi connectivity index (χ4v) is 1.73. The first-order valence-electron chi connectivity index (χ1n) is 4.83. The molecule has 0 aliphatic rings. The molecule has 1 aromatic heterocycles. The zero-order valence-corrected chi connectivity index (χ0v) is 10.6.